The second-order valence-corrected chi connectivity index (χ2v) is 9.93. The van der Waals surface area contributed by atoms with E-state index in [0.717, 1.165) is 34.8 Å². The van der Waals surface area contributed by atoms with Crippen molar-refractivity contribution in [2.24, 2.45) is 0 Å². The van der Waals surface area contributed by atoms with E-state index in [2.05, 4.69) is 77.6 Å². The molecule has 0 radical (unpaired) electrons. The van der Waals surface area contributed by atoms with Crippen LogP contribution in [0.4, 0.5) is 0 Å². The monoisotopic (exact) mass is 628 g/mol. The summed E-state index contributed by atoms with van der Waals surface area (Å²) in [7, 11) is 1.64. The second-order valence-electron chi connectivity index (χ2n) is 6.51. The summed E-state index contributed by atoms with van der Waals surface area (Å²) in [5.41, 5.74) is 1.87. The van der Waals surface area contributed by atoms with Crippen molar-refractivity contribution in [3.8, 4) is 11.5 Å². The molecule has 0 amide bonds. The molecule has 1 atom stereocenters. The first-order valence-corrected chi connectivity index (χ1v) is 11.2. The molecule has 0 aromatic heterocycles. The molecular weight excluding hydrogens is 612 g/mol. The molecule has 2 N–H and O–H groups in total. The molecule has 0 aliphatic heterocycles. The number of benzene rings is 2. The van der Waals surface area contributed by atoms with Crippen LogP contribution in [-0.4, -0.2) is 36.6 Å². The van der Waals surface area contributed by atoms with Crippen molar-refractivity contribution in [2.45, 2.75) is 25.4 Å². The maximum Gasteiger partial charge on any atom is 0.147 e. The fourth-order valence-electron chi connectivity index (χ4n) is 2.57. The zero-order valence-corrected chi connectivity index (χ0v) is 21.4. The number of hydrogen-bond donors (Lipinski definition) is 2. The Morgan fingerprint density at radius 1 is 0.889 bits per heavy atom. The van der Waals surface area contributed by atoms with Crippen LogP contribution in [0.1, 0.15) is 25.0 Å². The lowest BCUT2D eigenvalue weighted by Crippen LogP contribution is -2.22. The summed E-state index contributed by atoms with van der Waals surface area (Å²) in [4.78, 5) is 0. The van der Waals surface area contributed by atoms with Crippen LogP contribution in [0.3, 0.4) is 0 Å². The number of halogens is 4. The predicted molar refractivity (Wildman–Crippen MR) is 121 cm³/mol. The Hall–Kier alpha value is -0.120. The van der Waals surface area contributed by atoms with E-state index in [9.17, 15) is 5.11 Å². The Kier molecular flexibility index (Phi) is 8.22. The topological polar surface area (TPSA) is 58.9 Å². The summed E-state index contributed by atoms with van der Waals surface area (Å²) in [6.45, 7) is 3.94. The van der Waals surface area contributed by atoms with Gasteiger partial charge in [-0.3, -0.25) is 0 Å². The van der Waals surface area contributed by atoms with Gasteiger partial charge >= 0.3 is 0 Å². The van der Waals surface area contributed by atoms with Gasteiger partial charge in [0.05, 0.1) is 31.6 Å². The third kappa shape index (κ3) is 5.28. The van der Waals surface area contributed by atoms with Crippen molar-refractivity contribution in [3.63, 3.8) is 0 Å². The largest absolute Gasteiger partial charge is 0.494 e. The Balaban J connectivity index is 2.42. The lowest BCUT2D eigenvalue weighted by Gasteiger charge is -2.28. The van der Waals surface area contributed by atoms with Crippen LogP contribution in [0.25, 0.3) is 0 Å². The Morgan fingerprint density at radius 2 is 1.30 bits per heavy atom. The minimum atomic E-state index is -0.922. The summed E-state index contributed by atoms with van der Waals surface area (Å²) < 4.78 is 14.3. The van der Waals surface area contributed by atoms with Crippen LogP contribution in [0.5, 0.6) is 11.5 Å². The average molecular weight is 632 g/mol. The molecule has 0 saturated carbocycles. The number of aliphatic hydroxyl groups is 2. The highest BCUT2D eigenvalue weighted by molar-refractivity contribution is 9.11. The molecule has 8 heteroatoms. The molecule has 27 heavy (non-hydrogen) atoms. The van der Waals surface area contributed by atoms with E-state index in [-0.39, 0.29) is 18.6 Å². The number of hydrogen-bond acceptors (Lipinski definition) is 4. The highest BCUT2D eigenvalue weighted by Crippen LogP contribution is 2.43. The molecule has 0 fully saturated rings. The molecule has 148 valence electrons. The molecule has 0 spiro atoms. The zero-order chi connectivity index (χ0) is 20.4. The molecule has 0 heterocycles. The van der Waals surface area contributed by atoms with Gasteiger partial charge in [-0.25, -0.2) is 0 Å². The summed E-state index contributed by atoms with van der Waals surface area (Å²) in [5.74, 6) is 1.34. The van der Waals surface area contributed by atoms with Gasteiger partial charge in [-0.05, 0) is 99.1 Å². The normalized spacial score (nSPS) is 12.8. The Morgan fingerprint density at radius 3 is 1.67 bits per heavy atom. The number of ether oxygens (including phenoxy) is 2. The predicted octanol–water partition coefficient (Wildman–Crippen LogP) is 5.80. The van der Waals surface area contributed by atoms with Crippen molar-refractivity contribution in [2.75, 3.05) is 20.3 Å². The molecule has 0 bridgehead atoms. The first kappa shape index (κ1) is 23.2. The fraction of sp³-hybridized carbons (Fsp3) is 0.368. The van der Waals surface area contributed by atoms with Crippen molar-refractivity contribution >= 4 is 63.7 Å². The van der Waals surface area contributed by atoms with Gasteiger partial charge in [-0.2, -0.15) is 0 Å². The van der Waals surface area contributed by atoms with Gasteiger partial charge in [0.25, 0.3) is 0 Å². The molecular formula is C19H20Br4O4. The minimum Gasteiger partial charge on any atom is -0.494 e. The summed E-state index contributed by atoms with van der Waals surface area (Å²) in [5, 5.41) is 18.4. The molecule has 1 unspecified atom stereocenters. The van der Waals surface area contributed by atoms with Crippen LogP contribution < -0.4 is 9.47 Å². The first-order chi connectivity index (χ1) is 12.6. The lowest BCUT2D eigenvalue weighted by molar-refractivity contribution is 0.0531. The van der Waals surface area contributed by atoms with Gasteiger partial charge in [-0.1, -0.05) is 13.8 Å². The Bertz CT molecular complexity index is 777. The highest BCUT2D eigenvalue weighted by Gasteiger charge is 2.27. The van der Waals surface area contributed by atoms with E-state index in [4.69, 9.17) is 14.6 Å². The summed E-state index contributed by atoms with van der Waals surface area (Å²) in [6.07, 6.45) is -0.922. The van der Waals surface area contributed by atoms with E-state index >= 15 is 0 Å². The molecule has 0 aliphatic carbocycles. The van der Waals surface area contributed by atoms with Gasteiger partial charge in [0.2, 0.25) is 0 Å². The van der Waals surface area contributed by atoms with Crippen molar-refractivity contribution < 1.29 is 19.7 Å². The van der Waals surface area contributed by atoms with Crippen molar-refractivity contribution in [1.82, 2.24) is 0 Å². The van der Waals surface area contributed by atoms with Gasteiger partial charge in [0, 0.05) is 5.41 Å². The standard InChI is InChI=1S/C19H20Br4O4/c1-19(2,10-4-13(20)17(26-3)14(21)5-10)11-6-15(22)18(16(23)7-11)27-9-12(25)8-24/h4-7,12,24-25H,8-9H2,1-3H3. The van der Waals surface area contributed by atoms with Crippen LogP contribution >= 0.6 is 63.7 Å². The van der Waals surface area contributed by atoms with E-state index in [1.165, 1.54) is 0 Å². The summed E-state index contributed by atoms with van der Waals surface area (Å²) in [6, 6.07) is 8.09. The van der Waals surface area contributed by atoms with Gasteiger partial charge in [-0.15, -0.1) is 0 Å². The molecule has 4 nitrogen and oxygen atoms in total. The van der Waals surface area contributed by atoms with E-state index in [0.29, 0.717) is 5.75 Å². The quantitative estimate of drug-likeness (QED) is 0.406. The molecule has 2 rings (SSSR count). The second kappa shape index (κ2) is 9.59. The van der Waals surface area contributed by atoms with Crippen LogP contribution in [0.2, 0.25) is 0 Å². The van der Waals surface area contributed by atoms with Gasteiger partial charge in [0.15, 0.2) is 0 Å². The average Bonchev–Trinajstić information content (AvgIpc) is 2.60. The van der Waals surface area contributed by atoms with Gasteiger partial charge < -0.3 is 19.7 Å². The van der Waals surface area contributed by atoms with Crippen LogP contribution in [0, 0.1) is 0 Å². The SMILES string of the molecule is COc1c(Br)cc(C(C)(C)c2cc(Br)c(OCC(O)CO)c(Br)c2)cc1Br. The van der Waals surface area contributed by atoms with E-state index < -0.39 is 6.10 Å². The number of methoxy groups -OCH3 is 1. The maximum atomic E-state index is 9.50. The third-order valence-corrected chi connectivity index (χ3v) is 6.63. The minimum absolute atomic E-state index is 0.00874. The van der Waals surface area contributed by atoms with Crippen molar-refractivity contribution in [3.05, 3.63) is 53.3 Å². The molecule has 2 aromatic carbocycles. The van der Waals surface area contributed by atoms with E-state index in [1.54, 1.807) is 7.11 Å². The highest BCUT2D eigenvalue weighted by atomic mass is 79.9. The lowest BCUT2D eigenvalue weighted by atomic mass is 9.78. The van der Waals surface area contributed by atoms with Crippen LogP contribution in [-0.2, 0) is 5.41 Å². The first-order valence-electron chi connectivity index (χ1n) is 8.06. The molecule has 0 saturated heterocycles. The van der Waals surface area contributed by atoms with Crippen molar-refractivity contribution in [1.29, 1.82) is 0 Å². The summed E-state index contributed by atoms with van der Waals surface area (Å²) >= 11 is 14.2. The van der Waals surface area contributed by atoms with E-state index in [1.807, 2.05) is 24.3 Å². The molecule has 2 aromatic rings. The Labute approximate surface area is 192 Å². The van der Waals surface area contributed by atoms with Gasteiger partial charge in [0.1, 0.15) is 24.2 Å². The zero-order valence-electron chi connectivity index (χ0n) is 15.0. The number of aliphatic hydroxyl groups excluding tert-OH is 2. The third-order valence-electron chi connectivity index (χ3n) is 4.27. The smallest absolute Gasteiger partial charge is 0.147 e. The fourth-order valence-corrected chi connectivity index (χ4v) is 5.50. The number of rotatable bonds is 7. The van der Waals surface area contributed by atoms with Crippen LogP contribution in [0.15, 0.2) is 42.2 Å². The maximum absolute atomic E-state index is 9.50. The molecule has 0 aliphatic rings.